The maximum atomic E-state index is 12.8. The van der Waals surface area contributed by atoms with Gasteiger partial charge in [0.15, 0.2) is 0 Å². The summed E-state index contributed by atoms with van der Waals surface area (Å²) >= 11 is 1.66. The first-order chi connectivity index (χ1) is 14.3. The Bertz CT molecular complexity index is 1110. The highest BCUT2D eigenvalue weighted by Gasteiger charge is 2.19. The minimum absolute atomic E-state index is 0.0908. The molecule has 0 aromatic heterocycles. The fraction of sp³-hybridized carbons (Fsp3) is 0.174. The van der Waals surface area contributed by atoms with Gasteiger partial charge in [0.25, 0.3) is 15.9 Å². The highest BCUT2D eigenvalue weighted by Crippen LogP contribution is 2.21. The zero-order valence-corrected chi connectivity index (χ0v) is 18.5. The standard InChI is InChI=1S/C23H24N2O3S2/c1-17-8-12-21(13-9-17)29-15-14-24-23(26)19-11-10-18(2)22(16-19)30(27,28)25-20-6-4-3-5-7-20/h3-13,16,25H,14-15H2,1-2H3,(H,24,26). The summed E-state index contributed by atoms with van der Waals surface area (Å²) in [5.74, 6) is 0.428. The number of amides is 1. The Morgan fingerprint density at radius 2 is 1.63 bits per heavy atom. The monoisotopic (exact) mass is 440 g/mol. The maximum absolute atomic E-state index is 12.8. The molecule has 0 aliphatic rings. The average Bonchev–Trinajstić information content (AvgIpc) is 2.73. The third-order valence-electron chi connectivity index (χ3n) is 4.44. The van der Waals surface area contributed by atoms with Crippen LogP contribution in [0.3, 0.4) is 0 Å². The van der Waals surface area contributed by atoms with Gasteiger partial charge in [-0.2, -0.15) is 0 Å². The van der Waals surface area contributed by atoms with E-state index < -0.39 is 10.0 Å². The minimum Gasteiger partial charge on any atom is -0.351 e. The molecule has 30 heavy (non-hydrogen) atoms. The molecule has 0 atom stereocenters. The Morgan fingerprint density at radius 1 is 0.933 bits per heavy atom. The highest BCUT2D eigenvalue weighted by atomic mass is 32.2. The lowest BCUT2D eigenvalue weighted by atomic mass is 10.1. The molecule has 0 unspecified atom stereocenters. The summed E-state index contributed by atoms with van der Waals surface area (Å²) in [6.45, 7) is 4.23. The van der Waals surface area contributed by atoms with Gasteiger partial charge in [-0.15, -0.1) is 11.8 Å². The quantitative estimate of drug-likeness (QED) is 0.396. The zero-order valence-electron chi connectivity index (χ0n) is 16.9. The van der Waals surface area contributed by atoms with Crippen LogP contribution in [0.5, 0.6) is 0 Å². The van der Waals surface area contributed by atoms with Crippen LogP contribution in [0.25, 0.3) is 0 Å². The van der Waals surface area contributed by atoms with E-state index in [4.69, 9.17) is 0 Å². The lowest BCUT2D eigenvalue weighted by Gasteiger charge is -2.12. The van der Waals surface area contributed by atoms with Crippen LogP contribution in [0.1, 0.15) is 21.5 Å². The van der Waals surface area contributed by atoms with E-state index in [1.54, 1.807) is 55.1 Å². The van der Waals surface area contributed by atoms with Crippen molar-refractivity contribution in [2.45, 2.75) is 23.6 Å². The first-order valence-electron chi connectivity index (χ1n) is 9.51. The van der Waals surface area contributed by atoms with E-state index in [1.807, 2.05) is 13.0 Å². The number of benzene rings is 3. The smallest absolute Gasteiger partial charge is 0.262 e. The van der Waals surface area contributed by atoms with Gasteiger partial charge in [0.05, 0.1) is 4.90 Å². The molecular weight excluding hydrogens is 416 g/mol. The molecule has 0 bridgehead atoms. The van der Waals surface area contributed by atoms with E-state index in [1.165, 1.54) is 11.6 Å². The van der Waals surface area contributed by atoms with E-state index in [0.717, 1.165) is 10.6 Å². The number of sulfonamides is 1. The summed E-state index contributed by atoms with van der Waals surface area (Å²) in [5.41, 5.74) is 2.57. The van der Waals surface area contributed by atoms with Gasteiger partial charge in [0, 0.05) is 28.4 Å². The number of nitrogens with one attached hydrogen (secondary N) is 2. The van der Waals surface area contributed by atoms with Gasteiger partial charge < -0.3 is 5.32 Å². The molecule has 0 fully saturated rings. The summed E-state index contributed by atoms with van der Waals surface area (Å²) in [7, 11) is -3.80. The van der Waals surface area contributed by atoms with Crippen LogP contribution >= 0.6 is 11.8 Å². The van der Waals surface area contributed by atoms with Gasteiger partial charge in [-0.25, -0.2) is 8.42 Å². The summed E-state index contributed by atoms with van der Waals surface area (Å²) < 4.78 is 28.1. The van der Waals surface area contributed by atoms with Crippen molar-refractivity contribution in [2.75, 3.05) is 17.0 Å². The lowest BCUT2D eigenvalue weighted by Crippen LogP contribution is -2.26. The maximum Gasteiger partial charge on any atom is 0.262 e. The van der Waals surface area contributed by atoms with Crippen molar-refractivity contribution in [2.24, 2.45) is 0 Å². The summed E-state index contributed by atoms with van der Waals surface area (Å²) in [4.78, 5) is 13.7. The van der Waals surface area contributed by atoms with Gasteiger partial charge in [-0.3, -0.25) is 9.52 Å². The largest absolute Gasteiger partial charge is 0.351 e. The Balaban J connectivity index is 1.63. The van der Waals surface area contributed by atoms with Crippen LogP contribution in [-0.4, -0.2) is 26.6 Å². The van der Waals surface area contributed by atoms with Crippen molar-refractivity contribution in [1.29, 1.82) is 0 Å². The predicted octanol–water partition coefficient (Wildman–Crippen LogP) is 4.63. The molecule has 156 valence electrons. The van der Waals surface area contributed by atoms with Crippen LogP contribution in [0, 0.1) is 13.8 Å². The molecule has 3 aromatic rings. The normalized spacial score (nSPS) is 11.1. The van der Waals surface area contributed by atoms with Crippen LogP contribution in [0.15, 0.2) is 82.6 Å². The highest BCUT2D eigenvalue weighted by molar-refractivity contribution is 7.99. The average molecular weight is 441 g/mol. The zero-order chi connectivity index (χ0) is 21.6. The molecule has 3 aromatic carbocycles. The summed E-state index contributed by atoms with van der Waals surface area (Å²) in [6, 6.07) is 21.6. The van der Waals surface area contributed by atoms with Crippen molar-refractivity contribution in [3.63, 3.8) is 0 Å². The number of aryl methyl sites for hydroxylation is 2. The second-order valence-electron chi connectivity index (χ2n) is 6.87. The number of rotatable bonds is 8. The third kappa shape index (κ3) is 5.87. The molecule has 2 N–H and O–H groups in total. The molecule has 0 aliphatic heterocycles. The number of thioether (sulfide) groups is 1. The fourth-order valence-electron chi connectivity index (χ4n) is 2.82. The number of hydrogen-bond donors (Lipinski definition) is 2. The topological polar surface area (TPSA) is 75.3 Å². The second-order valence-corrected chi connectivity index (χ2v) is 9.69. The van der Waals surface area contributed by atoms with Crippen molar-refractivity contribution >= 4 is 33.4 Å². The Morgan fingerprint density at radius 3 is 2.33 bits per heavy atom. The van der Waals surface area contributed by atoms with Crippen molar-refractivity contribution in [3.05, 3.63) is 89.5 Å². The Kier molecular flexibility index (Phi) is 7.18. The molecule has 5 nitrogen and oxygen atoms in total. The van der Waals surface area contributed by atoms with Gasteiger partial charge in [-0.05, 0) is 55.8 Å². The summed E-state index contributed by atoms with van der Waals surface area (Å²) in [5, 5.41) is 2.85. The third-order valence-corrected chi connectivity index (χ3v) is 6.98. The predicted molar refractivity (Wildman–Crippen MR) is 123 cm³/mol. The molecule has 0 radical (unpaired) electrons. The van der Waals surface area contributed by atoms with Crippen molar-refractivity contribution in [1.82, 2.24) is 5.32 Å². The molecule has 0 saturated heterocycles. The summed E-state index contributed by atoms with van der Waals surface area (Å²) in [6.07, 6.45) is 0. The van der Waals surface area contributed by atoms with Crippen LogP contribution in [0.2, 0.25) is 0 Å². The molecule has 0 saturated carbocycles. The number of para-hydroxylation sites is 1. The van der Waals surface area contributed by atoms with Gasteiger partial charge in [-0.1, -0.05) is 42.0 Å². The Labute approximate surface area is 182 Å². The van der Waals surface area contributed by atoms with Crippen LogP contribution in [-0.2, 0) is 10.0 Å². The first kappa shape index (κ1) is 21.9. The molecular formula is C23H24N2O3S2. The molecule has 0 aliphatic carbocycles. The minimum atomic E-state index is -3.80. The van der Waals surface area contributed by atoms with Gasteiger partial charge in [0.2, 0.25) is 0 Å². The molecule has 3 rings (SSSR count). The SMILES string of the molecule is Cc1ccc(SCCNC(=O)c2ccc(C)c(S(=O)(=O)Nc3ccccc3)c2)cc1. The molecule has 1 amide bonds. The molecule has 0 spiro atoms. The number of anilines is 1. The molecule has 7 heteroatoms. The van der Waals surface area contributed by atoms with Crippen molar-refractivity contribution in [3.8, 4) is 0 Å². The number of hydrogen-bond acceptors (Lipinski definition) is 4. The lowest BCUT2D eigenvalue weighted by molar-refractivity contribution is 0.0956. The van der Waals surface area contributed by atoms with Crippen LogP contribution in [0.4, 0.5) is 5.69 Å². The van der Waals surface area contributed by atoms with Crippen molar-refractivity contribution < 1.29 is 13.2 Å². The second kappa shape index (κ2) is 9.82. The first-order valence-corrected chi connectivity index (χ1v) is 12.0. The van der Waals surface area contributed by atoms with Gasteiger partial charge >= 0.3 is 0 Å². The fourth-order valence-corrected chi connectivity index (χ4v) is 4.92. The van der Waals surface area contributed by atoms with Crippen LogP contribution < -0.4 is 10.0 Å². The number of carbonyl (C=O) groups excluding carboxylic acids is 1. The van der Waals surface area contributed by atoms with E-state index in [9.17, 15) is 13.2 Å². The Hall–Kier alpha value is -2.77. The van der Waals surface area contributed by atoms with E-state index in [-0.39, 0.29) is 10.8 Å². The van der Waals surface area contributed by atoms with Gasteiger partial charge in [0.1, 0.15) is 0 Å². The molecule has 0 heterocycles. The number of carbonyl (C=O) groups is 1. The van der Waals surface area contributed by atoms with E-state index >= 15 is 0 Å². The van der Waals surface area contributed by atoms with E-state index in [0.29, 0.717) is 23.4 Å². The van der Waals surface area contributed by atoms with E-state index in [2.05, 4.69) is 34.3 Å².